The number of amides is 1. The van der Waals surface area contributed by atoms with Gasteiger partial charge >= 0.3 is 0 Å². The zero-order valence-corrected chi connectivity index (χ0v) is 16.8. The number of rotatable bonds is 3. The highest BCUT2D eigenvalue weighted by Gasteiger charge is 2.26. The third-order valence-corrected chi connectivity index (χ3v) is 6.18. The lowest BCUT2D eigenvalue weighted by Gasteiger charge is -2.29. The van der Waals surface area contributed by atoms with Crippen LogP contribution in [0.3, 0.4) is 0 Å². The number of nitrogens with one attached hydrogen (secondary N) is 2. The molecule has 2 aromatic carbocycles. The van der Waals surface area contributed by atoms with Gasteiger partial charge in [-0.25, -0.2) is 5.10 Å². The number of fused-ring (bicyclic) bond motifs is 2. The molecule has 30 heavy (non-hydrogen) atoms. The lowest BCUT2D eigenvalue weighted by Crippen LogP contribution is -2.37. The highest BCUT2D eigenvalue weighted by molar-refractivity contribution is 5.98. The van der Waals surface area contributed by atoms with Crippen molar-refractivity contribution < 1.29 is 4.79 Å². The Morgan fingerprint density at radius 1 is 1.10 bits per heavy atom. The summed E-state index contributed by atoms with van der Waals surface area (Å²) in [5.74, 6) is 0.239. The van der Waals surface area contributed by atoms with Crippen molar-refractivity contribution in [2.24, 2.45) is 7.05 Å². The van der Waals surface area contributed by atoms with Gasteiger partial charge in [-0.1, -0.05) is 18.2 Å². The van der Waals surface area contributed by atoms with Crippen LogP contribution in [0.4, 0.5) is 0 Å². The van der Waals surface area contributed by atoms with Gasteiger partial charge in [0, 0.05) is 35.3 Å². The van der Waals surface area contributed by atoms with E-state index in [9.17, 15) is 9.59 Å². The Morgan fingerprint density at radius 2 is 1.87 bits per heavy atom. The van der Waals surface area contributed by atoms with Crippen LogP contribution in [0.15, 0.2) is 53.5 Å². The Bertz CT molecular complexity index is 1300. The van der Waals surface area contributed by atoms with E-state index >= 15 is 0 Å². The van der Waals surface area contributed by atoms with Crippen molar-refractivity contribution in [2.75, 3.05) is 0 Å². The summed E-state index contributed by atoms with van der Waals surface area (Å²) in [6.07, 6.45) is 5.41. The molecule has 0 saturated heterocycles. The van der Waals surface area contributed by atoms with Crippen LogP contribution < -0.4 is 10.9 Å². The van der Waals surface area contributed by atoms with E-state index in [4.69, 9.17) is 0 Å². The van der Waals surface area contributed by atoms with Gasteiger partial charge in [-0.2, -0.15) is 10.2 Å². The number of carbonyl (C=O) groups is 1. The first-order chi connectivity index (χ1) is 14.6. The molecule has 7 heteroatoms. The molecule has 2 aromatic heterocycles. The molecule has 5 rings (SSSR count). The molecule has 0 unspecified atom stereocenters. The maximum Gasteiger partial charge on any atom is 0.272 e. The predicted octanol–water partition coefficient (Wildman–Crippen LogP) is 3.27. The van der Waals surface area contributed by atoms with Crippen LogP contribution in [0.1, 0.15) is 47.7 Å². The van der Waals surface area contributed by atoms with Gasteiger partial charge in [-0.15, -0.1) is 0 Å². The van der Waals surface area contributed by atoms with Crippen LogP contribution in [0.5, 0.6) is 0 Å². The molecule has 1 saturated carbocycles. The van der Waals surface area contributed by atoms with E-state index in [0.29, 0.717) is 10.9 Å². The van der Waals surface area contributed by atoms with Crippen molar-refractivity contribution in [1.29, 1.82) is 0 Å². The fourth-order valence-corrected chi connectivity index (χ4v) is 4.53. The first kappa shape index (κ1) is 18.5. The number of aromatic amines is 1. The molecule has 4 aromatic rings. The van der Waals surface area contributed by atoms with E-state index in [1.807, 2.05) is 49.5 Å². The molecular weight excluding hydrogens is 378 g/mol. The number of aryl methyl sites for hydroxylation is 1. The van der Waals surface area contributed by atoms with E-state index < -0.39 is 0 Å². The summed E-state index contributed by atoms with van der Waals surface area (Å²) in [4.78, 5) is 24.8. The van der Waals surface area contributed by atoms with Gasteiger partial charge in [-0.3, -0.25) is 14.3 Å². The number of nitrogens with zero attached hydrogens (tertiary/aromatic N) is 3. The first-order valence-corrected chi connectivity index (χ1v) is 10.3. The number of hydrogen-bond acceptors (Lipinski definition) is 4. The van der Waals surface area contributed by atoms with E-state index in [1.165, 1.54) is 0 Å². The average Bonchev–Trinajstić information content (AvgIpc) is 3.15. The molecule has 152 valence electrons. The molecular formula is C23H23N5O2. The Hall–Kier alpha value is -3.48. The number of H-pyrrole nitrogens is 1. The molecule has 1 aliphatic carbocycles. The molecule has 2 heterocycles. The number of benzene rings is 2. The van der Waals surface area contributed by atoms with Gasteiger partial charge in [0.1, 0.15) is 0 Å². The van der Waals surface area contributed by atoms with Gasteiger partial charge < -0.3 is 5.32 Å². The summed E-state index contributed by atoms with van der Waals surface area (Å²) in [5, 5.41) is 17.0. The van der Waals surface area contributed by atoms with E-state index in [2.05, 4.69) is 20.6 Å². The molecule has 1 amide bonds. The maximum atomic E-state index is 12.7. The molecule has 0 atom stereocenters. The van der Waals surface area contributed by atoms with Gasteiger partial charge in [0.2, 0.25) is 0 Å². The lowest BCUT2D eigenvalue weighted by molar-refractivity contribution is 0.0926. The Morgan fingerprint density at radius 3 is 2.67 bits per heavy atom. The minimum absolute atomic E-state index is 0.0446. The highest BCUT2D eigenvalue weighted by Crippen LogP contribution is 2.34. The summed E-state index contributed by atoms with van der Waals surface area (Å²) >= 11 is 0. The van der Waals surface area contributed by atoms with Gasteiger partial charge in [0.25, 0.3) is 11.5 Å². The van der Waals surface area contributed by atoms with Gasteiger partial charge in [-0.05, 0) is 49.9 Å². The molecule has 1 fully saturated rings. The standard InChI is InChI=1S/C23H23N5O2/c1-28-20-11-8-15(12-16(20)13-24-28)22(29)25-17-9-6-14(7-10-17)21-18-4-2-3-5-19(18)23(30)27-26-21/h2-5,8,11-14,17H,6-7,9-10H2,1H3,(H,25,29)(H,27,30). The third-order valence-electron chi connectivity index (χ3n) is 6.18. The maximum absolute atomic E-state index is 12.7. The molecule has 0 radical (unpaired) electrons. The number of hydrogen-bond donors (Lipinski definition) is 2. The van der Waals surface area contributed by atoms with Crippen LogP contribution >= 0.6 is 0 Å². The topological polar surface area (TPSA) is 92.7 Å². The lowest BCUT2D eigenvalue weighted by atomic mass is 9.82. The average molecular weight is 401 g/mol. The molecule has 0 aliphatic heterocycles. The second kappa shape index (κ2) is 7.40. The van der Waals surface area contributed by atoms with Crippen molar-refractivity contribution in [1.82, 2.24) is 25.3 Å². The van der Waals surface area contributed by atoms with E-state index in [-0.39, 0.29) is 23.4 Å². The fourth-order valence-electron chi connectivity index (χ4n) is 4.53. The molecule has 7 nitrogen and oxygen atoms in total. The molecule has 1 aliphatic rings. The van der Waals surface area contributed by atoms with Crippen LogP contribution in [0, 0.1) is 0 Å². The predicted molar refractivity (Wildman–Crippen MR) is 116 cm³/mol. The molecule has 0 bridgehead atoms. The van der Waals surface area contributed by atoms with Crippen molar-refractivity contribution in [3.8, 4) is 0 Å². The Balaban J connectivity index is 1.27. The number of carbonyl (C=O) groups excluding carboxylic acids is 1. The SMILES string of the molecule is Cn1ncc2cc(C(=O)NC3CCC(c4n[nH]c(=O)c5ccccc45)CC3)ccc21. The summed E-state index contributed by atoms with van der Waals surface area (Å²) in [6, 6.07) is 13.4. The summed E-state index contributed by atoms with van der Waals surface area (Å²) in [5.41, 5.74) is 2.47. The molecule has 2 N–H and O–H groups in total. The van der Waals surface area contributed by atoms with Crippen LogP contribution in [-0.4, -0.2) is 31.9 Å². The minimum atomic E-state index is -0.152. The zero-order chi connectivity index (χ0) is 20.7. The third kappa shape index (κ3) is 3.26. The minimum Gasteiger partial charge on any atom is -0.349 e. The summed E-state index contributed by atoms with van der Waals surface area (Å²) in [6.45, 7) is 0. The highest BCUT2D eigenvalue weighted by atomic mass is 16.1. The van der Waals surface area contributed by atoms with Crippen LogP contribution in [0.2, 0.25) is 0 Å². The molecule has 0 spiro atoms. The van der Waals surface area contributed by atoms with E-state index in [1.54, 1.807) is 10.9 Å². The van der Waals surface area contributed by atoms with Crippen molar-refractivity contribution in [2.45, 2.75) is 37.6 Å². The van der Waals surface area contributed by atoms with Crippen molar-refractivity contribution in [3.63, 3.8) is 0 Å². The van der Waals surface area contributed by atoms with Crippen molar-refractivity contribution >= 4 is 27.6 Å². The summed E-state index contributed by atoms with van der Waals surface area (Å²) < 4.78 is 1.80. The second-order valence-corrected chi connectivity index (χ2v) is 8.05. The van der Waals surface area contributed by atoms with Crippen LogP contribution in [-0.2, 0) is 7.05 Å². The van der Waals surface area contributed by atoms with Gasteiger partial charge in [0.15, 0.2) is 0 Å². The van der Waals surface area contributed by atoms with Gasteiger partial charge in [0.05, 0.1) is 22.8 Å². The van der Waals surface area contributed by atoms with Crippen LogP contribution in [0.25, 0.3) is 21.7 Å². The van der Waals surface area contributed by atoms with Crippen molar-refractivity contribution in [3.05, 3.63) is 70.3 Å². The largest absolute Gasteiger partial charge is 0.349 e. The quantitative estimate of drug-likeness (QED) is 0.551. The summed E-state index contributed by atoms with van der Waals surface area (Å²) in [7, 11) is 1.89. The first-order valence-electron chi connectivity index (χ1n) is 10.3. The smallest absolute Gasteiger partial charge is 0.272 e. The monoisotopic (exact) mass is 401 g/mol. The fraction of sp³-hybridized carbons (Fsp3) is 0.304. The normalized spacial score (nSPS) is 19.2. The second-order valence-electron chi connectivity index (χ2n) is 8.05. The zero-order valence-electron chi connectivity index (χ0n) is 16.8. The number of aromatic nitrogens is 4. The van der Waals surface area contributed by atoms with E-state index in [0.717, 1.165) is 47.7 Å². The Labute approximate surface area is 173 Å². The Kier molecular flexibility index (Phi) is 4.58.